The van der Waals surface area contributed by atoms with E-state index in [0.717, 1.165) is 44.1 Å². The predicted octanol–water partition coefficient (Wildman–Crippen LogP) is 4.42. The second-order valence-electron chi connectivity index (χ2n) is 4.71. The Morgan fingerprint density at radius 2 is 1.47 bits per heavy atom. The summed E-state index contributed by atoms with van der Waals surface area (Å²) < 4.78 is 0. The molecule has 0 aliphatic rings. The third-order valence-corrected chi connectivity index (χ3v) is 3.45. The first-order valence-corrected chi connectivity index (χ1v) is 7.04. The lowest BCUT2D eigenvalue weighted by atomic mass is 9.90. The third-order valence-electron chi connectivity index (χ3n) is 3.45. The maximum Gasteiger partial charge on any atom is 0.122 e. The average Bonchev–Trinajstić information content (AvgIpc) is 2.33. The van der Waals surface area contributed by atoms with Crippen molar-refractivity contribution < 1.29 is 5.11 Å². The number of benzene rings is 1. The van der Waals surface area contributed by atoms with Crippen LogP contribution in [0.15, 0.2) is 6.07 Å². The number of hydrogen-bond donors (Lipinski definition) is 1. The fourth-order valence-electron chi connectivity index (χ4n) is 2.60. The second kappa shape index (κ2) is 6.68. The van der Waals surface area contributed by atoms with E-state index in [4.69, 9.17) is 0 Å². The van der Waals surface area contributed by atoms with E-state index in [1.807, 2.05) is 0 Å². The van der Waals surface area contributed by atoms with Crippen LogP contribution in [0.5, 0.6) is 5.75 Å². The molecule has 0 amide bonds. The Labute approximate surface area is 106 Å². The molecule has 0 aliphatic carbocycles. The molecule has 0 aromatic heterocycles. The van der Waals surface area contributed by atoms with Crippen molar-refractivity contribution >= 4 is 0 Å². The van der Waals surface area contributed by atoms with Crippen molar-refractivity contribution in [3.8, 4) is 5.75 Å². The van der Waals surface area contributed by atoms with Gasteiger partial charge >= 0.3 is 0 Å². The Morgan fingerprint density at radius 3 is 1.94 bits per heavy atom. The molecule has 17 heavy (non-hydrogen) atoms. The molecule has 1 nitrogen and oxygen atoms in total. The Kier molecular flexibility index (Phi) is 5.54. The van der Waals surface area contributed by atoms with Crippen molar-refractivity contribution in [2.45, 2.75) is 66.2 Å². The summed E-state index contributed by atoms with van der Waals surface area (Å²) in [5, 5.41) is 10.4. The fraction of sp³-hybridized carbons (Fsp3) is 0.625. The minimum absolute atomic E-state index is 0.581. The molecule has 96 valence electrons. The molecule has 0 saturated heterocycles. The SMILES string of the molecule is CCCc1cc(CC)c(CC)c(O)c1CCC. The number of phenols is 1. The number of hydrogen-bond acceptors (Lipinski definition) is 1. The van der Waals surface area contributed by atoms with Gasteiger partial charge in [-0.15, -0.1) is 0 Å². The Morgan fingerprint density at radius 1 is 0.824 bits per heavy atom. The van der Waals surface area contributed by atoms with Crippen LogP contribution in [0.25, 0.3) is 0 Å². The summed E-state index contributed by atoms with van der Waals surface area (Å²) in [6.07, 6.45) is 6.26. The van der Waals surface area contributed by atoms with Crippen molar-refractivity contribution in [1.29, 1.82) is 0 Å². The van der Waals surface area contributed by atoms with Gasteiger partial charge in [0, 0.05) is 0 Å². The molecule has 0 radical (unpaired) electrons. The summed E-state index contributed by atoms with van der Waals surface area (Å²) in [4.78, 5) is 0. The van der Waals surface area contributed by atoms with E-state index in [9.17, 15) is 5.11 Å². The molecule has 0 fully saturated rings. The molecule has 0 bridgehead atoms. The van der Waals surface area contributed by atoms with Gasteiger partial charge in [-0.1, -0.05) is 46.6 Å². The molecule has 1 rings (SSSR count). The maximum atomic E-state index is 10.4. The highest BCUT2D eigenvalue weighted by atomic mass is 16.3. The Hall–Kier alpha value is -0.980. The zero-order valence-electron chi connectivity index (χ0n) is 11.8. The minimum atomic E-state index is 0.581. The van der Waals surface area contributed by atoms with Gasteiger partial charge in [-0.25, -0.2) is 0 Å². The van der Waals surface area contributed by atoms with Crippen LogP contribution in [0.3, 0.4) is 0 Å². The van der Waals surface area contributed by atoms with E-state index in [2.05, 4.69) is 33.8 Å². The topological polar surface area (TPSA) is 20.2 Å². The lowest BCUT2D eigenvalue weighted by Gasteiger charge is -2.17. The summed E-state index contributed by atoms with van der Waals surface area (Å²) in [5.74, 6) is 0.581. The number of rotatable bonds is 6. The zero-order chi connectivity index (χ0) is 12.8. The van der Waals surface area contributed by atoms with E-state index < -0.39 is 0 Å². The average molecular weight is 234 g/mol. The van der Waals surface area contributed by atoms with Gasteiger partial charge in [-0.2, -0.15) is 0 Å². The standard InChI is InChI=1S/C16H26O/c1-5-9-13-11-12(7-3)14(8-4)16(17)15(13)10-6-2/h11,17H,5-10H2,1-4H3. The maximum absolute atomic E-state index is 10.4. The number of aromatic hydroxyl groups is 1. The van der Waals surface area contributed by atoms with Crippen LogP contribution in [0.1, 0.15) is 62.8 Å². The van der Waals surface area contributed by atoms with Crippen molar-refractivity contribution in [2.75, 3.05) is 0 Å². The lowest BCUT2D eigenvalue weighted by Crippen LogP contribution is -2.02. The van der Waals surface area contributed by atoms with Gasteiger partial charge in [0.05, 0.1) is 0 Å². The number of phenolic OH excluding ortho intramolecular Hbond substituents is 1. The molecular weight excluding hydrogens is 208 g/mol. The van der Waals surface area contributed by atoms with Crippen LogP contribution >= 0.6 is 0 Å². The van der Waals surface area contributed by atoms with Gasteiger partial charge in [0.2, 0.25) is 0 Å². The van der Waals surface area contributed by atoms with Crippen LogP contribution in [0, 0.1) is 0 Å². The Bertz CT molecular complexity index is 366. The van der Waals surface area contributed by atoms with Gasteiger partial charge in [0.25, 0.3) is 0 Å². The second-order valence-corrected chi connectivity index (χ2v) is 4.71. The third kappa shape index (κ3) is 3.02. The summed E-state index contributed by atoms with van der Waals surface area (Å²) in [7, 11) is 0. The fourth-order valence-corrected chi connectivity index (χ4v) is 2.60. The minimum Gasteiger partial charge on any atom is -0.507 e. The van der Waals surface area contributed by atoms with Gasteiger partial charge < -0.3 is 5.11 Å². The van der Waals surface area contributed by atoms with Crippen LogP contribution in [0.4, 0.5) is 0 Å². The van der Waals surface area contributed by atoms with Crippen LogP contribution in [0.2, 0.25) is 0 Å². The molecule has 1 aromatic carbocycles. The molecule has 0 unspecified atom stereocenters. The van der Waals surface area contributed by atoms with Gasteiger partial charge in [-0.05, 0) is 47.9 Å². The molecule has 1 aromatic rings. The molecule has 1 N–H and O–H groups in total. The zero-order valence-corrected chi connectivity index (χ0v) is 11.8. The van der Waals surface area contributed by atoms with E-state index in [0.29, 0.717) is 5.75 Å². The molecular formula is C16H26O. The van der Waals surface area contributed by atoms with E-state index in [1.165, 1.54) is 16.7 Å². The number of aryl methyl sites for hydroxylation is 2. The van der Waals surface area contributed by atoms with E-state index >= 15 is 0 Å². The molecule has 0 saturated carbocycles. The first kappa shape index (κ1) is 14.1. The summed E-state index contributed by atoms with van der Waals surface area (Å²) in [5.41, 5.74) is 5.05. The van der Waals surface area contributed by atoms with Gasteiger partial charge in [0.1, 0.15) is 5.75 Å². The van der Waals surface area contributed by atoms with E-state index in [1.54, 1.807) is 0 Å². The highest BCUT2D eigenvalue weighted by Gasteiger charge is 2.14. The smallest absolute Gasteiger partial charge is 0.122 e. The first-order chi connectivity index (χ1) is 8.19. The van der Waals surface area contributed by atoms with Crippen molar-refractivity contribution in [3.05, 3.63) is 28.3 Å². The van der Waals surface area contributed by atoms with Gasteiger partial charge in [-0.3, -0.25) is 0 Å². The monoisotopic (exact) mass is 234 g/mol. The molecule has 0 atom stereocenters. The van der Waals surface area contributed by atoms with Crippen molar-refractivity contribution in [3.63, 3.8) is 0 Å². The lowest BCUT2D eigenvalue weighted by molar-refractivity contribution is 0.458. The van der Waals surface area contributed by atoms with Crippen LogP contribution in [-0.2, 0) is 25.7 Å². The summed E-state index contributed by atoms with van der Waals surface area (Å²) in [6.45, 7) is 8.67. The molecule has 0 spiro atoms. The van der Waals surface area contributed by atoms with Gasteiger partial charge in [0.15, 0.2) is 0 Å². The summed E-state index contributed by atoms with van der Waals surface area (Å²) >= 11 is 0. The highest BCUT2D eigenvalue weighted by molar-refractivity contribution is 5.50. The van der Waals surface area contributed by atoms with Crippen LogP contribution in [-0.4, -0.2) is 5.11 Å². The largest absolute Gasteiger partial charge is 0.507 e. The van der Waals surface area contributed by atoms with Crippen molar-refractivity contribution in [2.24, 2.45) is 0 Å². The van der Waals surface area contributed by atoms with Crippen LogP contribution < -0.4 is 0 Å². The normalized spacial score (nSPS) is 10.8. The molecule has 0 aliphatic heterocycles. The highest BCUT2D eigenvalue weighted by Crippen LogP contribution is 2.32. The first-order valence-electron chi connectivity index (χ1n) is 7.04. The predicted molar refractivity (Wildman–Crippen MR) is 74.9 cm³/mol. The Balaban J connectivity index is 3.32. The summed E-state index contributed by atoms with van der Waals surface area (Å²) in [6, 6.07) is 2.33. The van der Waals surface area contributed by atoms with E-state index in [-0.39, 0.29) is 0 Å². The molecule has 1 heteroatoms. The van der Waals surface area contributed by atoms with Crippen molar-refractivity contribution in [1.82, 2.24) is 0 Å². The quantitative estimate of drug-likeness (QED) is 0.772. The molecule has 0 heterocycles.